The molecule has 0 fully saturated rings. The lowest BCUT2D eigenvalue weighted by Crippen LogP contribution is -2.31. The number of pyridine rings is 1. The van der Waals surface area contributed by atoms with E-state index in [2.05, 4.69) is 49.5 Å². The van der Waals surface area contributed by atoms with Crippen molar-refractivity contribution in [2.24, 2.45) is 0 Å². The van der Waals surface area contributed by atoms with E-state index in [1.807, 2.05) is 6.07 Å². The Kier molecular flexibility index (Phi) is 4.71. The van der Waals surface area contributed by atoms with Gasteiger partial charge in [0.2, 0.25) is 0 Å². The molecule has 0 aliphatic carbocycles. The van der Waals surface area contributed by atoms with Gasteiger partial charge in [-0.05, 0) is 25.1 Å². The van der Waals surface area contributed by atoms with Crippen LogP contribution in [0, 0.1) is 0 Å². The number of hydrogen-bond acceptors (Lipinski definition) is 2. The number of aromatic nitrogens is 1. The molecule has 0 aliphatic rings. The van der Waals surface area contributed by atoms with E-state index in [1.165, 1.54) is 23.9 Å². The molecule has 18 heavy (non-hydrogen) atoms. The van der Waals surface area contributed by atoms with Crippen LogP contribution in [0.1, 0.15) is 32.4 Å². The predicted molar refractivity (Wildman–Crippen MR) is 77.8 cm³/mol. The van der Waals surface area contributed by atoms with E-state index < -0.39 is 0 Å². The Bertz CT molecular complexity index is 487. The third-order valence-corrected chi connectivity index (χ3v) is 3.24. The van der Waals surface area contributed by atoms with Crippen molar-refractivity contribution in [3.63, 3.8) is 0 Å². The summed E-state index contributed by atoms with van der Waals surface area (Å²) in [7, 11) is 0. The Balaban J connectivity index is 2.14. The van der Waals surface area contributed by atoms with Crippen LogP contribution in [0.5, 0.6) is 0 Å². The minimum Gasteiger partial charge on any atom is -0.314 e. The van der Waals surface area contributed by atoms with Crippen LogP contribution in [-0.2, 0) is 6.42 Å². The van der Waals surface area contributed by atoms with Crippen molar-refractivity contribution in [1.82, 2.24) is 10.3 Å². The molecule has 1 heterocycles. The number of nitrogens with one attached hydrogen (secondary N) is 1. The molecule has 0 amide bonds. The summed E-state index contributed by atoms with van der Waals surface area (Å²) in [5.41, 5.74) is 2.29. The molecule has 2 heteroatoms. The number of nitrogens with zero attached hydrogens (tertiary/aromatic N) is 1. The second kappa shape index (κ2) is 6.50. The SMILES string of the molecule is CCCC(Cc1ccc2ccccc2n1)NCC. The Morgan fingerprint density at radius 3 is 2.72 bits per heavy atom. The van der Waals surface area contributed by atoms with Crippen LogP contribution in [0.3, 0.4) is 0 Å². The Labute approximate surface area is 109 Å². The maximum Gasteiger partial charge on any atom is 0.0705 e. The van der Waals surface area contributed by atoms with Crippen LogP contribution in [0.25, 0.3) is 10.9 Å². The molecule has 2 aromatic rings. The van der Waals surface area contributed by atoms with Crippen molar-refractivity contribution < 1.29 is 0 Å². The van der Waals surface area contributed by atoms with Gasteiger partial charge in [-0.3, -0.25) is 4.98 Å². The Hall–Kier alpha value is -1.41. The van der Waals surface area contributed by atoms with Crippen molar-refractivity contribution in [3.05, 3.63) is 42.1 Å². The molecular weight excluding hydrogens is 220 g/mol. The molecule has 1 unspecified atom stereocenters. The van der Waals surface area contributed by atoms with E-state index in [-0.39, 0.29) is 0 Å². The van der Waals surface area contributed by atoms with Crippen LogP contribution >= 0.6 is 0 Å². The molecule has 1 aromatic heterocycles. The first-order valence-corrected chi connectivity index (χ1v) is 6.91. The average Bonchev–Trinajstić information content (AvgIpc) is 2.39. The number of fused-ring (bicyclic) bond motifs is 1. The maximum atomic E-state index is 4.74. The largest absolute Gasteiger partial charge is 0.314 e. The van der Waals surface area contributed by atoms with Gasteiger partial charge < -0.3 is 5.32 Å². The molecule has 0 saturated carbocycles. The molecule has 2 nitrogen and oxygen atoms in total. The summed E-state index contributed by atoms with van der Waals surface area (Å²) in [6, 6.07) is 13.2. The van der Waals surface area contributed by atoms with E-state index in [0.717, 1.165) is 18.5 Å². The van der Waals surface area contributed by atoms with Gasteiger partial charge in [0.1, 0.15) is 0 Å². The normalized spacial score (nSPS) is 12.8. The van der Waals surface area contributed by atoms with Crippen molar-refractivity contribution in [1.29, 1.82) is 0 Å². The topological polar surface area (TPSA) is 24.9 Å². The van der Waals surface area contributed by atoms with Crippen LogP contribution in [-0.4, -0.2) is 17.6 Å². The molecule has 0 aliphatic heterocycles. The number of rotatable bonds is 6. The van der Waals surface area contributed by atoms with E-state index in [9.17, 15) is 0 Å². The Morgan fingerprint density at radius 2 is 1.94 bits per heavy atom. The Morgan fingerprint density at radius 1 is 1.11 bits per heavy atom. The lowest BCUT2D eigenvalue weighted by molar-refractivity contribution is 0.482. The van der Waals surface area contributed by atoms with Crippen LogP contribution in [0.2, 0.25) is 0 Å². The molecule has 1 atom stereocenters. The van der Waals surface area contributed by atoms with Gasteiger partial charge in [0.25, 0.3) is 0 Å². The highest BCUT2D eigenvalue weighted by atomic mass is 14.9. The molecule has 0 saturated heterocycles. The van der Waals surface area contributed by atoms with Gasteiger partial charge in [0.05, 0.1) is 5.52 Å². The standard InChI is InChI=1S/C16H22N2/c1-3-7-14(17-4-2)12-15-11-10-13-8-5-6-9-16(13)18-15/h5-6,8-11,14,17H,3-4,7,12H2,1-2H3. The molecule has 0 spiro atoms. The minimum absolute atomic E-state index is 0.550. The third kappa shape index (κ3) is 3.30. The monoisotopic (exact) mass is 242 g/mol. The fraction of sp³-hybridized carbons (Fsp3) is 0.438. The summed E-state index contributed by atoms with van der Waals surface area (Å²) in [6.45, 7) is 5.42. The molecular formula is C16H22N2. The van der Waals surface area contributed by atoms with Gasteiger partial charge in [0.15, 0.2) is 0 Å². The zero-order chi connectivity index (χ0) is 12.8. The van der Waals surface area contributed by atoms with E-state index in [4.69, 9.17) is 4.98 Å². The van der Waals surface area contributed by atoms with Gasteiger partial charge in [-0.1, -0.05) is 44.5 Å². The molecule has 0 bridgehead atoms. The predicted octanol–water partition coefficient (Wildman–Crippen LogP) is 3.56. The summed E-state index contributed by atoms with van der Waals surface area (Å²) in [5.74, 6) is 0. The minimum atomic E-state index is 0.550. The van der Waals surface area contributed by atoms with Crippen molar-refractivity contribution in [3.8, 4) is 0 Å². The second-order valence-corrected chi connectivity index (χ2v) is 4.74. The lowest BCUT2D eigenvalue weighted by Gasteiger charge is -2.16. The fourth-order valence-corrected chi connectivity index (χ4v) is 2.39. The quantitative estimate of drug-likeness (QED) is 0.838. The first-order valence-electron chi connectivity index (χ1n) is 6.91. The van der Waals surface area contributed by atoms with Crippen LogP contribution in [0.4, 0.5) is 0 Å². The maximum absolute atomic E-state index is 4.74. The van der Waals surface area contributed by atoms with Crippen molar-refractivity contribution >= 4 is 10.9 Å². The zero-order valence-corrected chi connectivity index (χ0v) is 11.3. The number of likely N-dealkylation sites (N-methyl/N-ethyl adjacent to an activating group) is 1. The fourth-order valence-electron chi connectivity index (χ4n) is 2.39. The number of hydrogen-bond donors (Lipinski definition) is 1. The first-order chi connectivity index (χ1) is 8.83. The molecule has 1 aromatic carbocycles. The summed E-state index contributed by atoms with van der Waals surface area (Å²) >= 11 is 0. The summed E-state index contributed by atoms with van der Waals surface area (Å²) < 4.78 is 0. The summed E-state index contributed by atoms with van der Waals surface area (Å²) in [5, 5.41) is 4.76. The lowest BCUT2D eigenvalue weighted by atomic mass is 10.0. The van der Waals surface area contributed by atoms with Gasteiger partial charge in [-0.15, -0.1) is 0 Å². The number of para-hydroxylation sites is 1. The van der Waals surface area contributed by atoms with Gasteiger partial charge in [-0.25, -0.2) is 0 Å². The highest BCUT2D eigenvalue weighted by Crippen LogP contribution is 2.13. The van der Waals surface area contributed by atoms with Gasteiger partial charge in [0, 0.05) is 23.5 Å². The van der Waals surface area contributed by atoms with Crippen molar-refractivity contribution in [2.75, 3.05) is 6.54 Å². The van der Waals surface area contributed by atoms with Crippen LogP contribution < -0.4 is 5.32 Å². The van der Waals surface area contributed by atoms with Crippen molar-refractivity contribution in [2.45, 2.75) is 39.2 Å². The molecule has 96 valence electrons. The van der Waals surface area contributed by atoms with E-state index in [0.29, 0.717) is 6.04 Å². The van der Waals surface area contributed by atoms with Gasteiger partial charge >= 0.3 is 0 Å². The summed E-state index contributed by atoms with van der Waals surface area (Å²) in [4.78, 5) is 4.74. The molecule has 1 N–H and O–H groups in total. The highest BCUT2D eigenvalue weighted by Gasteiger charge is 2.08. The number of benzene rings is 1. The van der Waals surface area contributed by atoms with Gasteiger partial charge in [-0.2, -0.15) is 0 Å². The smallest absolute Gasteiger partial charge is 0.0705 e. The van der Waals surface area contributed by atoms with E-state index in [1.54, 1.807) is 0 Å². The average molecular weight is 242 g/mol. The zero-order valence-electron chi connectivity index (χ0n) is 11.3. The second-order valence-electron chi connectivity index (χ2n) is 4.74. The first kappa shape index (κ1) is 13.0. The highest BCUT2D eigenvalue weighted by molar-refractivity contribution is 5.78. The van der Waals surface area contributed by atoms with E-state index >= 15 is 0 Å². The molecule has 2 rings (SSSR count). The summed E-state index contributed by atoms with van der Waals surface area (Å²) in [6.07, 6.45) is 3.44. The molecule has 0 radical (unpaired) electrons. The third-order valence-electron chi connectivity index (χ3n) is 3.24. The van der Waals surface area contributed by atoms with Crippen LogP contribution in [0.15, 0.2) is 36.4 Å².